The number of nitrogens with zero attached hydrogens (tertiary/aromatic N) is 1. The number of piperidine rings is 1. The van der Waals surface area contributed by atoms with Crippen LogP contribution in [0.1, 0.15) is 19.8 Å². The van der Waals surface area contributed by atoms with Gasteiger partial charge in [-0.15, -0.1) is 0 Å². The van der Waals surface area contributed by atoms with Crippen molar-refractivity contribution in [2.45, 2.75) is 25.8 Å². The molecule has 0 aromatic heterocycles. The monoisotopic (exact) mass is 244 g/mol. The Kier molecular flexibility index (Phi) is 7.77. The molecule has 1 rings (SSSR count). The van der Waals surface area contributed by atoms with E-state index in [1.807, 2.05) is 0 Å². The third kappa shape index (κ3) is 5.82. The van der Waals surface area contributed by atoms with Crippen molar-refractivity contribution in [1.82, 2.24) is 10.2 Å². The standard InChI is InChI=1S/C13H28N2O2/c1-12(11-17-3)15(8-9-16-2)10-13-4-6-14-7-5-13/h12-14H,4-11H2,1-3H3. The van der Waals surface area contributed by atoms with Crippen LogP contribution in [0.4, 0.5) is 0 Å². The van der Waals surface area contributed by atoms with Crippen molar-refractivity contribution >= 4 is 0 Å². The lowest BCUT2D eigenvalue weighted by molar-refractivity contribution is 0.0612. The van der Waals surface area contributed by atoms with E-state index >= 15 is 0 Å². The molecule has 0 amide bonds. The fraction of sp³-hybridized carbons (Fsp3) is 1.00. The van der Waals surface area contributed by atoms with E-state index in [-0.39, 0.29) is 0 Å². The normalized spacial score (nSPS) is 19.8. The first-order valence-corrected chi connectivity index (χ1v) is 6.70. The Morgan fingerprint density at radius 2 is 1.94 bits per heavy atom. The van der Waals surface area contributed by atoms with Gasteiger partial charge in [0.2, 0.25) is 0 Å². The highest BCUT2D eigenvalue weighted by Crippen LogP contribution is 2.15. The number of rotatable bonds is 8. The summed E-state index contributed by atoms with van der Waals surface area (Å²) in [5.74, 6) is 0.826. The van der Waals surface area contributed by atoms with E-state index < -0.39 is 0 Å². The average Bonchev–Trinajstić information content (AvgIpc) is 2.36. The van der Waals surface area contributed by atoms with E-state index in [0.717, 1.165) is 25.7 Å². The summed E-state index contributed by atoms with van der Waals surface area (Å²) in [7, 11) is 3.54. The molecule has 0 radical (unpaired) electrons. The summed E-state index contributed by atoms with van der Waals surface area (Å²) in [4.78, 5) is 2.50. The third-order valence-corrected chi connectivity index (χ3v) is 3.57. The van der Waals surface area contributed by atoms with Crippen molar-refractivity contribution in [2.24, 2.45) is 5.92 Å². The predicted molar refractivity (Wildman–Crippen MR) is 70.4 cm³/mol. The van der Waals surface area contributed by atoms with Crippen LogP contribution in [0.5, 0.6) is 0 Å². The minimum absolute atomic E-state index is 0.477. The molecule has 0 bridgehead atoms. The molecular formula is C13H28N2O2. The summed E-state index contributed by atoms with van der Waals surface area (Å²) in [6.45, 7) is 8.36. The lowest BCUT2D eigenvalue weighted by atomic mass is 9.97. The highest BCUT2D eigenvalue weighted by atomic mass is 16.5. The van der Waals surface area contributed by atoms with Crippen molar-refractivity contribution in [3.05, 3.63) is 0 Å². The molecule has 1 aliphatic rings. The summed E-state index contributed by atoms with van der Waals surface area (Å²) in [6.07, 6.45) is 2.59. The Morgan fingerprint density at radius 1 is 1.24 bits per heavy atom. The van der Waals surface area contributed by atoms with Crippen LogP contribution in [0, 0.1) is 5.92 Å². The summed E-state index contributed by atoms with van der Waals surface area (Å²) in [5.41, 5.74) is 0. The molecule has 1 heterocycles. The van der Waals surface area contributed by atoms with Crippen LogP contribution < -0.4 is 5.32 Å². The van der Waals surface area contributed by atoms with Crippen LogP contribution in [-0.2, 0) is 9.47 Å². The van der Waals surface area contributed by atoms with Gasteiger partial charge in [-0.2, -0.15) is 0 Å². The van der Waals surface area contributed by atoms with Gasteiger partial charge >= 0.3 is 0 Å². The Labute approximate surface area is 106 Å². The molecule has 1 atom stereocenters. The maximum absolute atomic E-state index is 5.26. The first-order valence-electron chi connectivity index (χ1n) is 6.70. The van der Waals surface area contributed by atoms with Gasteiger partial charge in [-0.25, -0.2) is 0 Å². The zero-order chi connectivity index (χ0) is 12.5. The van der Waals surface area contributed by atoms with Crippen LogP contribution in [0.15, 0.2) is 0 Å². The van der Waals surface area contributed by atoms with Gasteiger partial charge in [-0.1, -0.05) is 0 Å². The molecule has 0 aromatic carbocycles. The smallest absolute Gasteiger partial charge is 0.0615 e. The third-order valence-electron chi connectivity index (χ3n) is 3.57. The van der Waals surface area contributed by atoms with Gasteiger partial charge in [0.15, 0.2) is 0 Å². The van der Waals surface area contributed by atoms with Crippen LogP contribution in [0.25, 0.3) is 0 Å². The van der Waals surface area contributed by atoms with Crippen LogP contribution in [-0.4, -0.2) is 64.6 Å². The maximum atomic E-state index is 5.26. The fourth-order valence-electron chi connectivity index (χ4n) is 2.44. The van der Waals surface area contributed by atoms with Gasteiger partial charge in [0, 0.05) is 33.4 Å². The second kappa shape index (κ2) is 8.86. The van der Waals surface area contributed by atoms with Gasteiger partial charge < -0.3 is 14.8 Å². The van der Waals surface area contributed by atoms with Crippen LogP contribution >= 0.6 is 0 Å². The molecule has 4 heteroatoms. The van der Waals surface area contributed by atoms with Crippen molar-refractivity contribution in [3.63, 3.8) is 0 Å². The van der Waals surface area contributed by atoms with Crippen molar-refractivity contribution < 1.29 is 9.47 Å². The number of hydrogen-bond donors (Lipinski definition) is 1. The minimum Gasteiger partial charge on any atom is -0.383 e. The highest BCUT2D eigenvalue weighted by molar-refractivity contribution is 4.75. The van der Waals surface area contributed by atoms with E-state index in [1.54, 1.807) is 14.2 Å². The van der Waals surface area contributed by atoms with Gasteiger partial charge in [0.1, 0.15) is 0 Å². The van der Waals surface area contributed by atoms with Crippen molar-refractivity contribution in [2.75, 3.05) is 53.6 Å². The zero-order valence-corrected chi connectivity index (χ0v) is 11.6. The molecule has 1 fully saturated rings. The van der Waals surface area contributed by atoms with E-state index in [1.165, 1.54) is 32.5 Å². The number of nitrogens with one attached hydrogen (secondary N) is 1. The van der Waals surface area contributed by atoms with Gasteiger partial charge in [-0.3, -0.25) is 4.90 Å². The van der Waals surface area contributed by atoms with E-state index in [0.29, 0.717) is 6.04 Å². The molecule has 0 aliphatic carbocycles. The predicted octanol–water partition coefficient (Wildman–Crippen LogP) is 0.969. The Hall–Kier alpha value is -0.160. The highest BCUT2D eigenvalue weighted by Gasteiger charge is 2.20. The van der Waals surface area contributed by atoms with E-state index in [2.05, 4.69) is 17.1 Å². The molecule has 1 N–H and O–H groups in total. The van der Waals surface area contributed by atoms with Gasteiger partial charge in [0.05, 0.1) is 13.2 Å². The van der Waals surface area contributed by atoms with Gasteiger partial charge in [0.25, 0.3) is 0 Å². The first-order chi connectivity index (χ1) is 8.27. The Bertz CT molecular complexity index is 184. The molecule has 1 aliphatic heterocycles. The van der Waals surface area contributed by atoms with Crippen LogP contribution in [0.3, 0.4) is 0 Å². The summed E-state index contributed by atoms with van der Waals surface area (Å²) >= 11 is 0. The van der Waals surface area contributed by atoms with Crippen LogP contribution in [0.2, 0.25) is 0 Å². The van der Waals surface area contributed by atoms with E-state index in [9.17, 15) is 0 Å². The molecule has 17 heavy (non-hydrogen) atoms. The Morgan fingerprint density at radius 3 is 2.53 bits per heavy atom. The molecule has 1 unspecified atom stereocenters. The fourth-order valence-corrected chi connectivity index (χ4v) is 2.44. The largest absolute Gasteiger partial charge is 0.383 e. The second-order valence-electron chi connectivity index (χ2n) is 4.99. The second-order valence-corrected chi connectivity index (χ2v) is 4.99. The topological polar surface area (TPSA) is 33.7 Å². The van der Waals surface area contributed by atoms with Gasteiger partial charge in [-0.05, 0) is 38.8 Å². The lowest BCUT2D eigenvalue weighted by Gasteiger charge is -2.33. The zero-order valence-electron chi connectivity index (χ0n) is 11.6. The molecule has 0 saturated carbocycles. The maximum Gasteiger partial charge on any atom is 0.0615 e. The number of hydrogen-bond acceptors (Lipinski definition) is 4. The summed E-state index contributed by atoms with van der Waals surface area (Å²) in [5, 5.41) is 3.42. The molecule has 102 valence electrons. The molecule has 1 saturated heterocycles. The quantitative estimate of drug-likeness (QED) is 0.690. The Balaban J connectivity index is 2.37. The summed E-state index contributed by atoms with van der Waals surface area (Å²) in [6, 6.07) is 0.477. The molecule has 0 aromatic rings. The molecular weight excluding hydrogens is 216 g/mol. The number of ether oxygens (including phenoxy) is 2. The average molecular weight is 244 g/mol. The summed E-state index contributed by atoms with van der Waals surface area (Å²) < 4.78 is 10.5. The number of methoxy groups -OCH3 is 2. The molecule has 4 nitrogen and oxygen atoms in total. The van der Waals surface area contributed by atoms with Crippen molar-refractivity contribution in [1.29, 1.82) is 0 Å². The van der Waals surface area contributed by atoms with E-state index in [4.69, 9.17) is 9.47 Å². The lowest BCUT2D eigenvalue weighted by Crippen LogP contribution is -2.43. The molecule has 0 spiro atoms. The first kappa shape index (κ1) is 14.9. The SMILES string of the molecule is COCCN(CC1CCNCC1)C(C)COC. The minimum atomic E-state index is 0.477. The van der Waals surface area contributed by atoms with Crippen molar-refractivity contribution in [3.8, 4) is 0 Å².